The number of aromatic nitrogens is 2. The van der Waals surface area contributed by atoms with Gasteiger partial charge in [-0.25, -0.2) is 0 Å². The minimum atomic E-state index is 0.189. The standard InChI is InChI=1S/C18H28N4O2/c1-13-11-22(7-8-24-13)15-3-5-21(6-4-15)18(23)17-9-16(17)14-10-19-20(2)12-14/h10,12-13,15-17H,3-9,11H2,1-2H3/t13-,16+,17-/m1/s1. The van der Waals surface area contributed by atoms with E-state index in [1.165, 1.54) is 5.56 Å². The predicted octanol–water partition coefficient (Wildman–Crippen LogP) is 1.24. The first-order chi connectivity index (χ1) is 11.6. The van der Waals surface area contributed by atoms with Gasteiger partial charge < -0.3 is 9.64 Å². The topological polar surface area (TPSA) is 50.6 Å². The van der Waals surface area contributed by atoms with E-state index in [-0.39, 0.29) is 5.92 Å². The lowest BCUT2D eigenvalue weighted by Crippen LogP contribution is -2.52. The average Bonchev–Trinajstić information content (AvgIpc) is 3.28. The molecule has 0 N–H and O–H groups in total. The van der Waals surface area contributed by atoms with Gasteiger partial charge in [0.05, 0.1) is 18.9 Å². The molecule has 0 radical (unpaired) electrons. The van der Waals surface area contributed by atoms with Gasteiger partial charge in [0.25, 0.3) is 0 Å². The van der Waals surface area contributed by atoms with Crippen molar-refractivity contribution in [2.24, 2.45) is 13.0 Å². The number of morpholine rings is 1. The molecule has 3 fully saturated rings. The van der Waals surface area contributed by atoms with Crippen LogP contribution in [0, 0.1) is 5.92 Å². The van der Waals surface area contributed by atoms with E-state index in [1.807, 2.05) is 24.1 Å². The molecule has 2 aliphatic heterocycles. The van der Waals surface area contributed by atoms with Crippen LogP contribution in [0.5, 0.6) is 0 Å². The van der Waals surface area contributed by atoms with Crippen molar-refractivity contribution < 1.29 is 9.53 Å². The van der Waals surface area contributed by atoms with Gasteiger partial charge in [0.15, 0.2) is 0 Å². The van der Waals surface area contributed by atoms with E-state index in [4.69, 9.17) is 4.74 Å². The third-order valence-electron chi connectivity index (χ3n) is 5.83. The lowest BCUT2D eigenvalue weighted by atomic mass is 10.0. The zero-order valence-corrected chi connectivity index (χ0v) is 14.7. The number of carbonyl (C=O) groups excluding carboxylic acids is 1. The monoisotopic (exact) mass is 332 g/mol. The number of likely N-dealkylation sites (tertiary alicyclic amines) is 1. The van der Waals surface area contributed by atoms with E-state index in [0.29, 0.717) is 24.0 Å². The normalized spacial score (nSPS) is 32.1. The highest BCUT2D eigenvalue weighted by atomic mass is 16.5. The smallest absolute Gasteiger partial charge is 0.226 e. The third kappa shape index (κ3) is 3.22. The Morgan fingerprint density at radius 3 is 2.75 bits per heavy atom. The fraction of sp³-hybridized carbons (Fsp3) is 0.778. The van der Waals surface area contributed by atoms with Crippen LogP contribution in [-0.4, -0.2) is 70.4 Å². The molecule has 0 bridgehead atoms. The molecule has 2 saturated heterocycles. The number of carbonyl (C=O) groups is 1. The summed E-state index contributed by atoms with van der Waals surface area (Å²) in [6.07, 6.45) is 7.48. The second-order valence-electron chi connectivity index (χ2n) is 7.63. The fourth-order valence-corrected chi connectivity index (χ4v) is 4.33. The minimum Gasteiger partial charge on any atom is -0.376 e. The molecule has 3 atom stereocenters. The van der Waals surface area contributed by atoms with E-state index in [9.17, 15) is 4.79 Å². The van der Waals surface area contributed by atoms with Gasteiger partial charge in [0.1, 0.15) is 0 Å². The first-order valence-corrected chi connectivity index (χ1v) is 9.25. The number of amides is 1. The minimum absolute atomic E-state index is 0.189. The van der Waals surface area contributed by atoms with Gasteiger partial charge in [-0.2, -0.15) is 5.10 Å². The molecular formula is C18H28N4O2. The second-order valence-corrected chi connectivity index (χ2v) is 7.63. The van der Waals surface area contributed by atoms with Gasteiger partial charge in [-0.3, -0.25) is 14.4 Å². The van der Waals surface area contributed by atoms with Crippen LogP contribution in [-0.2, 0) is 16.6 Å². The van der Waals surface area contributed by atoms with Gasteiger partial charge in [-0.1, -0.05) is 0 Å². The highest BCUT2D eigenvalue weighted by Gasteiger charge is 2.46. The van der Waals surface area contributed by atoms with Crippen LogP contribution >= 0.6 is 0 Å². The maximum absolute atomic E-state index is 12.8. The summed E-state index contributed by atoms with van der Waals surface area (Å²) in [6.45, 7) is 6.88. The van der Waals surface area contributed by atoms with Crippen LogP contribution in [0.25, 0.3) is 0 Å². The summed E-state index contributed by atoms with van der Waals surface area (Å²) in [7, 11) is 1.93. The molecule has 1 aliphatic carbocycles. The Bertz CT molecular complexity index is 594. The highest BCUT2D eigenvalue weighted by Crippen LogP contribution is 2.48. The number of hydrogen-bond donors (Lipinski definition) is 0. The van der Waals surface area contributed by atoms with Gasteiger partial charge in [0.2, 0.25) is 5.91 Å². The number of ether oxygens (including phenoxy) is 1. The van der Waals surface area contributed by atoms with Crippen LogP contribution in [0.2, 0.25) is 0 Å². The quantitative estimate of drug-likeness (QED) is 0.836. The van der Waals surface area contributed by atoms with Crippen molar-refractivity contribution in [3.8, 4) is 0 Å². The van der Waals surface area contributed by atoms with Crippen molar-refractivity contribution in [2.75, 3.05) is 32.8 Å². The zero-order valence-electron chi connectivity index (χ0n) is 14.7. The van der Waals surface area contributed by atoms with Crippen LogP contribution in [0.15, 0.2) is 12.4 Å². The molecule has 1 aromatic rings. The van der Waals surface area contributed by atoms with Gasteiger partial charge in [-0.05, 0) is 37.7 Å². The fourth-order valence-electron chi connectivity index (χ4n) is 4.33. The molecule has 6 heteroatoms. The summed E-state index contributed by atoms with van der Waals surface area (Å²) in [4.78, 5) is 17.4. The van der Waals surface area contributed by atoms with Crippen LogP contribution in [0.1, 0.15) is 37.7 Å². The van der Waals surface area contributed by atoms with Crippen molar-refractivity contribution in [3.05, 3.63) is 18.0 Å². The number of rotatable bonds is 3. The summed E-state index contributed by atoms with van der Waals surface area (Å²) in [5.41, 5.74) is 1.22. The van der Waals surface area contributed by atoms with E-state index in [0.717, 1.165) is 52.0 Å². The molecule has 0 unspecified atom stereocenters. The zero-order chi connectivity index (χ0) is 16.7. The first kappa shape index (κ1) is 16.1. The number of piperidine rings is 1. The van der Waals surface area contributed by atoms with Crippen molar-refractivity contribution in [1.82, 2.24) is 19.6 Å². The summed E-state index contributed by atoms with van der Waals surface area (Å²) < 4.78 is 7.46. The van der Waals surface area contributed by atoms with Crippen molar-refractivity contribution in [3.63, 3.8) is 0 Å². The van der Waals surface area contributed by atoms with Gasteiger partial charge in [0, 0.05) is 51.4 Å². The molecule has 3 heterocycles. The molecule has 4 rings (SSSR count). The molecule has 1 saturated carbocycles. The summed E-state index contributed by atoms with van der Waals surface area (Å²) >= 11 is 0. The maximum Gasteiger partial charge on any atom is 0.226 e. The molecule has 1 aromatic heterocycles. The lowest BCUT2D eigenvalue weighted by molar-refractivity contribution is -0.134. The Labute approximate surface area is 143 Å². The Balaban J connectivity index is 1.28. The van der Waals surface area contributed by atoms with E-state index < -0.39 is 0 Å². The van der Waals surface area contributed by atoms with Crippen molar-refractivity contribution in [2.45, 2.75) is 44.2 Å². The average molecular weight is 332 g/mol. The van der Waals surface area contributed by atoms with Crippen molar-refractivity contribution >= 4 is 5.91 Å². The molecule has 0 spiro atoms. The van der Waals surface area contributed by atoms with Gasteiger partial charge >= 0.3 is 0 Å². The van der Waals surface area contributed by atoms with E-state index in [2.05, 4.69) is 21.8 Å². The SMILES string of the molecule is C[C@@H]1CN(C2CCN(C(=O)[C@@H]3C[C@H]3c3cnn(C)c3)CC2)CCO1. The predicted molar refractivity (Wildman–Crippen MR) is 90.6 cm³/mol. The Hall–Kier alpha value is -1.40. The van der Waals surface area contributed by atoms with E-state index >= 15 is 0 Å². The van der Waals surface area contributed by atoms with Crippen LogP contribution in [0.3, 0.4) is 0 Å². The van der Waals surface area contributed by atoms with Gasteiger partial charge in [-0.15, -0.1) is 0 Å². The number of nitrogens with zero attached hydrogens (tertiary/aromatic N) is 4. The lowest BCUT2D eigenvalue weighted by Gasteiger charge is -2.41. The van der Waals surface area contributed by atoms with Crippen molar-refractivity contribution in [1.29, 1.82) is 0 Å². The molecule has 0 aromatic carbocycles. The number of hydrogen-bond acceptors (Lipinski definition) is 4. The summed E-state index contributed by atoms with van der Waals surface area (Å²) in [5.74, 6) is 0.941. The molecule has 1 amide bonds. The second kappa shape index (κ2) is 6.48. The molecule has 3 aliphatic rings. The Kier molecular flexibility index (Phi) is 4.35. The molecular weight excluding hydrogens is 304 g/mol. The molecule has 24 heavy (non-hydrogen) atoms. The van der Waals surface area contributed by atoms with Crippen LogP contribution < -0.4 is 0 Å². The molecule has 6 nitrogen and oxygen atoms in total. The first-order valence-electron chi connectivity index (χ1n) is 9.25. The summed E-state index contributed by atoms with van der Waals surface area (Å²) in [5, 5.41) is 4.23. The molecule has 132 valence electrons. The summed E-state index contributed by atoms with van der Waals surface area (Å²) in [6, 6.07) is 0.619. The Morgan fingerprint density at radius 2 is 2.08 bits per heavy atom. The largest absolute Gasteiger partial charge is 0.376 e. The third-order valence-corrected chi connectivity index (χ3v) is 5.83. The Morgan fingerprint density at radius 1 is 1.29 bits per heavy atom. The highest BCUT2D eigenvalue weighted by molar-refractivity contribution is 5.83. The number of aryl methyl sites for hydroxylation is 1. The maximum atomic E-state index is 12.8. The van der Waals surface area contributed by atoms with Crippen LogP contribution in [0.4, 0.5) is 0 Å². The van der Waals surface area contributed by atoms with E-state index in [1.54, 1.807) is 0 Å².